The molecule has 0 saturated carbocycles. The highest BCUT2D eigenvalue weighted by Crippen LogP contribution is 2.17. The number of nitrogens with two attached hydrogens (primary N) is 1. The van der Waals surface area contributed by atoms with Crippen LogP contribution in [0.4, 0.5) is 4.79 Å². The van der Waals surface area contributed by atoms with E-state index < -0.39 is 6.09 Å². The van der Waals surface area contributed by atoms with Gasteiger partial charge in [-0.15, -0.1) is 0 Å². The van der Waals surface area contributed by atoms with Gasteiger partial charge in [-0.3, -0.25) is 4.79 Å². The highest BCUT2D eigenvalue weighted by molar-refractivity contribution is 5.76. The lowest BCUT2D eigenvalue weighted by Gasteiger charge is -2.16. The van der Waals surface area contributed by atoms with Crippen LogP contribution in [0.1, 0.15) is 30.4 Å². The van der Waals surface area contributed by atoms with Crippen LogP contribution in [0.5, 0.6) is 0 Å². The van der Waals surface area contributed by atoms with Gasteiger partial charge in [-0.05, 0) is 42.9 Å². The number of carbonyl (C=O) groups excluding carboxylic acids is 2. The summed E-state index contributed by atoms with van der Waals surface area (Å²) in [5, 5.41) is 5.51. The molecule has 0 aromatic heterocycles. The van der Waals surface area contributed by atoms with Crippen LogP contribution in [0.25, 0.3) is 0 Å². The molecule has 1 unspecified atom stereocenters. The van der Waals surface area contributed by atoms with Gasteiger partial charge in [-0.2, -0.15) is 0 Å². The summed E-state index contributed by atoms with van der Waals surface area (Å²) in [4.78, 5) is 24.0. The van der Waals surface area contributed by atoms with E-state index in [1.807, 2.05) is 48.5 Å². The van der Waals surface area contributed by atoms with Crippen LogP contribution in [0.15, 0.2) is 60.7 Å². The highest BCUT2D eigenvalue weighted by atomic mass is 16.5. The molecule has 0 heterocycles. The standard InChI is InChI=1S/C23H31N3O3/c24-13-7-12-21(16-19-8-3-1-4-9-19)17-22(27)25-14-15-26-23(28)29-18-20-10-5-2-6-11-20/h1-6,8-11,21H,7,12-18,24H2,(H,25,27)(H,26,28). The minimum Gasteiger partial charge on any atom is -0.445 e. The molecule has 2 aromatic carbocycles. The van der Waals surface area contributed by atoms with E-state index in [0.717, 1.165) is 24.8 Å². The molecule has 29 heavy (non-hydrogen) atoms. The zero-order chi connectivity index (χ0) is 20.7. The predicted octanol–water partition coefficient (Wildman–Crippen LogP) is 3.02. The van der Waals surface area contributed by atoms with Crippen molar-refractivity contribution in [2.45, 2.75) is 32.3 Å². The third kappa shape index (κ3) is 9.76. The van der Waals surface area contributed by atoms with E-state index in [2.05, 4.69) is 22.8 Å². The Kier molecular flexibility index (Phi) is 10.3. The zero-order valence-corrected chi connectivity index (χ0v) is 16.8. The first-order chi connectivity index (χ1) is 14.2. The molecule has 0 aliphatic carbocycles. The molecule has 0 spiro atoms. The molecule has 0 aliphatic heterocycles. The summed E-state index contributed by atoms with van der Waals surface area (Å²) in [6.45, 7) is 1.54. The van der Waals surface area contributed by atoms with Crippen molar-refractivity contribution in [2.24, 2.45) is 11.7 Å². The van der Waals surface area contributed by atoms with E-state index in [1.165, 1.54) is 5.56 Å². The van der Waals surface area contributed by atoms with Crippen LogP contribution < -0.4 is 16.4 Å². The van der Waals surface area contributed by atoms with Crippen molar-refractivity contribution in [3.05, 3.63) is 71.8 Å². The summed E-state index contributed by atoms with van der Waals surface area (Å²) >= 11 is 0. The Morgan fingerprint density at radius 1 is 0.897 bits per heavy atom. The van der Waals surface area contributed by atoms with Crippen molar-refractivity contribution in [3.63, 3.8) is 0 Å². The lowest BCUT2D eigenvalue weighted by molar-refractivity contribution is -0.122. The molecule has 0 saturated heterocycles. The molecular formula is C23H31N3O3. The number of amides is 2. The molecule has 156 valence electrons. The summed E-state index contributed by atoms with van der Waals surface area (Å²) in [5.41, 5.74) is 7.79. The van der Waals surface area contributed by atoms with Gasteiger partial charge in [-0.25, -0.2) is 4.79 Å². The van der Waals surface area contributed by atoms with Gasteiger partial charge in [0.2, 0.25) is 5.91 Å². The first kappa shape index (κ1) is 22.4. The number of nitrogens with one attached hydrogen (secondary N) is 2. The van der Waals surface area contributed by atoms with Crippen molar-refractivity contribution in [3.8, 4) is 0 Å². The number of hydrogen-bond donors (Lipinski definition) is 3. The molecule has 0 bridgehead atoms. The van der Waals surface area contributed by atoms with Gasteiger partial charge in [0.05, 0.1) is 0 Å². The number of benzene rings is 2. The maximum absolute atomic E-state index is 12.3. The van der Waals surface area contributed by atoms with Crippen LogP contribution in [0.3, 0.4) is 0 Å². The highest BCUT2D eigenvalue weighted by Gasteiger charge is 2.14. The molecule has 2 amide bonds. The smallest absolute Gasteiger partial charge is 0.407 e. The minimum atomic E-state index is -0.493. The fourth-order valence-electron chi connectivity index (χ4n) is 3.11. The molecule has 0 radical (unpaired) electrons. The normalized spacial score (nSPS) is 11.5. The topological polar surface area (TPSA) is 93.5 Å². The summed E-state index contributed by atoms with van der Waals surface area (Å²) in [6.07, 6.45) is 2.64. The molecule has 2 aromatic rings. The molecule has 6 nitrogen and oxygen atoms in total. The van der Waals surface area contributed by atoms with Crippen LogP contribution >= 0.6 is 0 Å². The van der Waals surface area contributed by atoms with E-state index in [4.69, 9.17) is 10.5 Å². The van der Waals surface area contributed by atoms with Gasteiger partial charge in [0, 0.05) is 19.5 Å². The van der Waals surface area contributed by atoms with Crippen molar-refractivity contribution >= 4 is 12.0 Å². The Bertz CT molecular complexity index is 723. The summed E-state index contributed by atoms with van der Waals surface area (Å²) in [5.74, 6) is 0.243. The lowest BCUT2D eigenvalue weighted by atomic mass is 9.91. The monoisotopic (exact) mass is 397 g/mol. The minimum absolute atomic E-state index is 0.0117. The zero-order valence-electron chi connectivity index (χ0n) is 16.8. The summed E-state index contributed by atoms with van der Waals surface area (Å²) in [7, 11) is 0. The van der Waals surface area contributed by atoms with Crippen molar-refractivity contribution in [1.29, 1.82) is 0 Å². The maximum atomic E-state index is 12.3. The Hall–Kier alpha value is -2.86. The van der Waals surface area contributed by atoms with Crippen LogP contribution in [-0.2, 0) is 22.6 Å². The summed E-state index contributed by atoms with van der Waals surface area (Å²) < 4.78 is 5.14. The molecule has 6 heteroatoms. The van der Waals surface area contributed by atoms with E-state index in [1.54, 1.807) is 0 Å². The van der Waals surface area contributed by atoms with E-state index in [-0.39, 0.29) is 18.4 Å². The second-order valence-electron chi connectivity index (χ2n) is 7.03. The fourth-order valence-corrected chi connectivity index (χ4v) is 3.11. The second kappa shape index (κ2) is 13.3. The van der Waals surface area contributed by atoms with Gasteiger partial charge < -0.3 is 21.1 Å². The van der Waals surface area contributed by atoms with Gasteiger partial charge in [0.1, 0.15) is 6.61 Å². The van der Waals surface area contributed by atoms with E-state index in [0.29, 0.717) is 26.1 Å². The fraction of sp³-hybridized carbons (Fsp3) is 0.391. The van der Waals surface area contributed by atoms with Gasteiger partial charge in [0.15, 0.2) is 0 Å². The van der Waals surface area contributed by atoms with E-state index >= 15 is 0 Å². The number of ether oxygens (including phenoxy) is 1. The number of carbonyl (C=O) groups is 2. The predicted molar refractivity (Wildman–Crippen MR) is 114 cm³/mol. The Morgan fingerprint density at radius 3 is 2.17 bits per heavy atom. The first-order valence-electron chi connectivity index (χ1n) is 10.1. The average Bonchev–Trinajstić information content (AvgIpc) is 2.75. The number of hydrogen-bond acceptors (Lipinski definition) is 4. The molecule has 2 rings (SSSR count). The lowest BCUT2D eigenvalue weighted by Crippen LogP contribution is -2.35. The van der Waals surface area contributed by atoms with Crippen molar-refractivity contribution in [1.82, 2.24) is 10.6 Å². The Balaban J connectivity index is 1.64. The SMILES string of the molecule is NCCCC(CC(=O)NCCNC(=O)OCc1ccccc1)Cc1ccccc1. The largest absolute Gasteiger partial charge is 0.445 e. The maximum Gasteiger partial charge on any atom is 0.407 e. The molecule has 0 aliphatic rings. The van der Waals surface area contributed by atoms with Gasteiger partial charge in [-0.1, -0.05) is 60.7 Å². The second-order valence-corrected chi connectivity index (χ2v) is 7.03. The molecule has 4 N–H and O–H groups in total. The van der Waals surface area contributed by atoms with Crippen LogP contribution in [0, 0.1) is 5.92 Å². The first-order valence-corrected chi connectivity index (χ1v) is 10.1. The third-order valence-electron chi connectivity index (χ3n) is 4.59. The molecule has 1 atom stereocenters. The third-order valence-corrected chi connectivity index (χ3v) is 4.59. The number of alkyl carbamates (subject to hydrolysis) is 1. The summed E-state index contributed by atoms with van der Waals surface area (Å²) in [6, 6.07) is 19.7. The van der Waals surface area contributed by atoms with Gasteiger partial charge >= 0.3 is 6.09 Å². The number of rotatable bonds is 12. The Morgan fingerprint density at radius 2 is 1.52 bits per heavy atom. The van der Waals surface area contributed by atoms with Crippen LogP contribution in [0.2, 0.25) is 0 Å². The van der Waals surface area contributed by atoms with Crippen LogP contribution in [-0.4, -0.2) is 31.6 Å². The Labute approximate surface area is 172 Å². The molecular weight excluding hydrogens is 366 g/mol. The van der Waals surface area contributed by atoms with Gasteiger partial charge in [0.25, 0.3) is 0 Å². The quantitative estimate of drug-likeness (QED) is 0.480. The average molecular weight is 398 g/mol. The van der Waals surface area contributed by atoms with Crippen molar-refractivity contribution in [2.75, 3.05) is 19.6 Å². The van der Waals surface area contributed by atoms with E-state index in [9.17, 15) is 9.59 Å². The van der Waals surface area contributed by atoms with Crippen molar-refractivity contribution < 1.29 is 14.3 Å². The molecule has 0 fully saturated rings.